The second kappa shape index (κ2) is 6.86. The number of para-hydroxylation sites is 1. The zero-order valence-corrected chi connectivity index (χ0v) is 15.3. The fourth-order valence-corrected chi connectivity index (χ4v) is 3.28. The summed E-state index contributed by atoms with van der Waals surface area (Å²) >= 11 is 3.44. The lowest BCUT2D eigenvalue weighted by Gasteiger charge is -2.05. The van der Waals surface area contributed by atoms with Crippen molar-refractivity contribution in [2.24, 2.45) is 10.1 Å². The average Bonchev–Trinajstić information content (AvgIpc) is 3.18. The average molecular weight is 429 g/mol. The molecule has 8 nitrogen and oxygen atoms in total. The Morgan fingerprint density at radius 3 is 2.93 bits per heavy atom. The summed E-state index contributed by atoms with van der Waals surface area (Å²) in [5, 5.41) is 23.9. The van der Waals surface area contributed by atoms with E-state index in [2.05, 4.69) is 31.1 Å². The molecule has 0 radical (unpaired) electrons. The van der Waals surface area contributed by atoms with Crippen LogP contribution >= 0.6 is 15.9 Å². The van der Waals surface area contributed by atoms with E-state index in [0.29, 0.717) is 28.2 Å². The number of nitrogens with zero attached hydrogens (tertiary/aromatic N) is 2. The molecule has 0 saturated heterocycles. The van der Waals surface area contributed by atoms with E-state index >= 15 is 0 Å². The molecule has 0 unspecified atom stereocenters. The van der Waals surface area contributed by atoms with Gasteiger partial charge in [-0.1, -0.05) is 39.3 Å². The molecule has 0 aliphatic carbocycles. The summed E-state index contributed by atoms with van der Waals surface area (Å²) in [6.45, 7) is -0.457. The Hall–Kier alpha value is -3.17. The Balaban J connectivity index is 1.84. The van der Waals surface area contributed by atoms with Crippen molar-refractivity contribution in [2.45, 2.75) is 0 Å². The maximum atomic E-state index is 11.2. The maximum absolute atomic E-state index is 11.2. The highest BCUT2D eigenvalue weighted by Gasteiger charge is 2.29. The molecule has 9 heteroatoms. The number of aliphatic imine (C=N–C) groups is 1. The lowest BCUT2D eigenvalue weighted by Crippen LogP contribution is -2.23. The van der Waals surface area contributed by atoms with Crippen LogP contribution in [0, 0.1) is 0 Å². The van der Waals surface area contributed by atoms with Crippen LogP contribution in [0.25, 0.3) is 10.9 Å². The van der Waals surface area contributed by atoms with Crippen molar-refractivity contribution in [3.8, 4) is 5.88 Å². The Morgan fingerprint density at radius 1 is 1.30 bits per heavy atom. The van der Waals surface area contributed by atoms with Crippen molar-refractivity contribution in [1.29, 1.82) is 0 Å². The fraction of sp³-hybridized carbons (Fsp3) is 0.0556. The monoisotopic (exact) mass is 428 g/mol. The number of hydrogen-bond donors (Lipinski definition) is 4. The quantitative estimate of drug-likeness (QED) is 0.377. The van der Waals surface area contributed by atoms with Crippen LogP contribution < -0.4 is 5.48 Å². The number of aromatic amines is 1. The minimum atomic E-state index is -0.733. The van der Waals surface area contributed by atoms with Gasteiger partial charge in [0.1, 0.15) is 11.4 Å². The summed E-state index contributed by atoms with van der Waals surface area (Å²) in [6.07, 6.45) is 0. The molecule has 1 aliphatic rings. The molecule has 1 amide bonds. The van der Waals surface area contributed by atoms with Gasteiger partial charge in [0.2, 0.25) is 0 Å². The molecule has 0 fully saturated rings. The number of rotatable bonds is 4. The summed E-state index contributed by atoms with van der Waals surface area (Å²) < 4.78 is 0.848. The summed E-state index contributed by atoms with van der Waals surface area (Å²) in [4.78, 5) is 23.8. The topological polar surface area (TPSA) is 119 Å². The lowest BCUT2D eigenvalue weighted by molar-refractivity contribution is -0.133. The number of H-pyrrole nitrogens is 1. The van der Waals surface area contributed by atoms with Gasteiger partial charge in [0.25, 0.3) is 5.91 Å². The van der Waals surface area contributed by atoms with Crippen LogP contribution in [0.5, 0.6) is 5.88 Å². The van der Waals surface area contributed by atoms with Gasteiger partial charge in [0.15, 0.2) is 12.5 Å². The van der Waals surface area contributed by atoms with Crippen LogP contribution in [0.4, 0.5) is 5.69 Å². The molecular weight excluding hydrogens is 416 g/mol. The van der Waals surface area contributed by atoms with Crippen molar-refractivity contribution < 1.29 is 19.9 Å². The summed E-state index contributed by atoms with van der Waals surface area (Å²) in [5.41, 5.74) is 4.88. The number of hydroxylamine groups is 1. The van der Waals surface area contributed by atoms with Gasteiger partial charge in [0, 0.05) is 20.9 Å². The first kappa shape index (κ1) is 17.3. The van der Waals surface area contributed by atoms with Gasteiger partial charge >= 0.3 is 0 Å². The predicted molar refractivity (Wildman–Crippen MR) is 103 cm³/mol. The molecule has 1 aromatic heterocycles. The van der Waals surface area contributed by atoms with Gasteiger partial charge < -0.3 is 14.9 Å². The van der Waals surface area contributed by atoms with E-state index in [1.807, 2.05) is 42.5 Å². The van der Waals surface area contributed by atoms with Crippen LogP contribution in [0.3, 0.4) is 0 Å². The molecular formula is C18H13BrN4O4. The molecule has 4 rings (SSSR count). The van der Waals surface area contributed by atoms with E-state index in [9.17, 15) is 9.90 Å². The van der Waals surface area contributed by atoms with Crippen molar-refractivity contribution >= 4 is 49.9 Å². The van der Waals surface area contributed by atoms with E-state index < -0.39 is 12.5 Å². The van der Waals surface area contributed by atoms with E-state index in [0.717, 1.165) is 15.4 Å². The number of fused-ring (bicyclic) bond motifs is 2. The number of aromatic hydroxyl groups is 1. The Morgan fingerprint density at radius 2 is 2.11 bits per heavy atom. The van der Waals surface area contributed by atoms with Crippen LogP contribution in [0.1, 0.15) is 11.1 Å². The molecule has 0 atom stereocenters. The summed E-state index contributed by atoms with van der Waals surface area (Å²) in [5.74, 6) is -0.779. The SMILES string of the molecule is O=C(CO/N=C1/C(c2c(O)[nH]c3ccc(Br)cc23)=Nc2ccccc21)NO. The normalized spacial score (nSPS) is 14.3. The molecule has 0 spiro atoms. The number of amides is 1. The van der Waals surface area contributed by atoms with E-state index in [1.54, 1.807) is 0 Å². The first-order valence-corrected chi connectivity index (χ1v) is 8.69. The third-order valence-electron chi connectivity index (χ3n) is 4.07. The van der Waals surface area contributed by atoms with E-state index in [1.165, 1.54) is 5.48 Å². The van der Waals surface area contributed by atoms with E-state index in [4.69, 9.17) is 10.0 Å². The van der Waals surface area contributed by atoms with Crippen LogP contribution in [-0.2, 0) is 9.63 Å². The predicted octanol–water partition coefficient (Wildman–Crippen LogP) is 3.00. The Labute approximate surface area is 161 Å². The molecule has 2 aromatic carbocycles. The van der Waals surface area contributed by atoms with Crippen molar-refractivity contribution in [3.05, 3.63) is 58.1 Å². The highest BCUT2D eigenvalue weighted by molar-refractivity contribution is 9.10. The van der Waals surface area contributed by atoms with Gasteiger partial charge in [-0.05, 0) is 24.3 Å². The third-order valence-corrected chi connectivity index (χ3v) is 4.56. The third kappa shape index (κ3) is 3.07. The fourth-order valence-electron chi connectivity index (χ4n) is 2.92. The van der Waals surface area contributed by atoms with Crippen molar-refractivity contribution in [3.63, 3.8) is 0 Å². The Kier molecular flexibility index (Phi) is 4.38. The van der Waals surface area contributed by atoms with Crippen LogP contribution in [-0.4, -0.2) is 39.2 Å². The van der Waals surface area contributed by atoms with Gasteiger partial charge in [-0.2, -0.15) is 0 Å². The highest BCUT2D eigenvalue weighted by atomic mass is 79.9. The zero-order chi connectivity index (χ0) is 19.0. The van der Waals surface area contributed by atoms with Gasteiger partial charge in [-0.3, -0.25) is 10.0 Å². The van der Waals surface area contributed by atoms with E-state index in [-0.39, 0.29) is 5.88 Å². The van der Waals surface area contributed by atoms with Crippen LogP contribution in [0.2, 0.25) is 0 Å². The molecule has 1 aliphatic heterocycles. The number of hydrogen-bond acceptors (Lipinski definition) is 6. The number of nitrogens with one attached hydrogen (secondary N) is 2. The molecule has 136 valence electrons. The molecule has 4 N–H and O–H groups in total. The molecule has 27 heavy (non-hydrogen) atoms. The number of carbonyl (C=O) groups is 1. The largest absolute Gasteiger partial charge is 0.494 e. The number of carbonyl (C=O) groups excluding carboxylic acids is 1. The highest BCUT2D eigenvalue weighted by Crippen LogP contribution is 2.36. The number of halogens is 1. The van der Waals surface area contributed by atoms with Gasteiger partial charge in [0.05, 0.1) is 11.3 Å². The minimum Gasteiger partial charge on any atom is -0.494 e. The molecule has 2 heterocycles. The number of aromatic nitrogens is 1. The molecule has 0 bridgehead atoms. The van der Waals surface area contributed by atoms with Crippen molar-refractivity contribution in [1.82, 2.24) is 10.5 Å². The second-order valence-electron chi connectivity index (χ2n) is 5.76. The first-order chi connectivity index (χ1) is 13.1. The van der Waals surface area contributed by atoms with Gasteiger partial charge in [-0.15, -0.1) is 0 Å². The summed E-state index contributed by atoms with van der Waals surface area (Å²) in [7, 11) is 0. The number of benzene rings is 2. The summed E-state index contributed by atoms with van der Waals surface area (Å²) in [6, 6.07) is 12.9. The standard InChI is InChI=1S/C18H13BrN4O4/c19-9-5-6-13-11(7-9)15(18(25)21-13)17-16(23-27-8-14(24)22-26)10-3-1-2-4-12(10)20-17/h1-7,21,25-26H,8H2,(H,22,24)/b23-16+. The second-order valence-corrected chi connectivity index (χ2v) is 6.68. The minimum absolute atomic E-state index is 0.0459. The maximum Gasteiger partial charge on any atom is 0.284 e. The number of oxime groups is 1. The molecule has 0 saturated carbocycles. The molecule has 3 aromatic rings. The van der Waals surface area contributed by atoms with Crippen LogP contribution in [0.15, 0.2) is 57.1 Å². The first-order valence-electron chi connectivity index (χ1n) is 7.90. The Bertz CT molecular complexity index is 1120. The van der Waals surface area contributed by atoms with Crippen molar-refractivity contribution in [2.75, 3.05) is 6.61 Å². The zero-order valence-electron chi connectivity index (χ0n) is 13.7. The smallest absolute Gasteiger partial charge is 0.284 e. The lowest BCUT2D eigenvalue weighted by atomic mass is 10.0. The van der Waals surface area contributed by atoms with Gasteiger partial charge in [-0.25, -0.2) is 10.5 Å².